The van der Waals surface area contributed by atoms with Crippen molar-refractivity contribution in [2.75, 3.05) is 12.8 Å². The molecule has 1 heterocycles. The summed E-state index contributed by atoms with van der Waals surface area (Å²) >= 11 is 1.40. The largest absolute Gasteiger partial charge is 0.467 e. The Morgan fingerprint density at radius 3 is 2.43 bits per heavy atom. The minimum Gasteiger partial charge on any atom is -0.467 e. The van der Waals surface area contributed by atoms with Gasteiger partial charge in [-0.05, 0) is 12.5 Å². The second-order valence-electron chi connectivity index (χ2n) is 4.49. The van der Waals surface area contributed by atoms with Crippen molar-refractivity contribution in [3.05, 3.63) is 34.7 Å². The molecule has 0 fully saturated rings. The van der Waals surface area contributed by atoms with Crippen LogP contribution in [0.15, 0.2) is 24.3 Å². The number of aryl methyl sites for hydroxylation is 1. The van der Waals surface area contributed by atoms with Crippen molar-refractivity contribution in [1.29, 1.82) is 0 Å². The van der Waals surface area contributed by atoms with E-state index in [9.17, 15) is 15.0 Å². The number of anilines is 1. The SMILES string of the molecule is COC(=O)C(O)C(O)c1ccc(-c2nc(N)sc2C)cc1. The van der Waals surface area contributed by atoms with Crippen LogP contribution in [0.4, 0.5) is 5.13 Å². The number of carbonyl (C=O) groups excluding carboxylic acids is 1. The molecular formula is C14H16N2O4S. The quantitative estimate of drug-likeness (QED) is 0.734. The normalized spacial score (nSPS) is 13.7. The molecule has 1 aromatic carbocycles. The second-order valence-corrected chi connectivity index (χ2v) is 5.73. The summed E-state index contributed by atoms with van der Waals surface area (Å²) in [6.07, 6.45) is -2.95. The standard InChI is InChI=1S/C14H16N2O4S/c1-7-10(16-14(15)21-7)8-3-5-9(6-4-8)11(17)12(18)13(19)20-2/h3-6,11-12,17-18H,1-2H3,(H2,15,16). The molecule has 0 aliphatic heterocycles. The van der Waals surface area contributed by atoms with Crippen LogP contribution in [0.3, 0.4) is 0 Å². The third-order valence-corrected chi connectivity index (χ3v) is 3.88. The number of nitrogens with zero attached hydrogens (tertiary/aromatic N) is 1. The molecule has 2 aromatic rings. The number of carbonyl (C=O) groups is 1. The van der Waals surface area contributed by atoms with E-state index in [0.717, 1.165) is 23.2 Å². The molecule has 2 atom stereocenters. The van der Waals surface area contributed by atoms with Crippen LogP contribution in [0.2, 0.25) is 0 Å². The topological polar surface area (TPSA) is 106 Å². The maximum absolute atomic E-state index is 11.2. The second kappa shape index (κ2) is 6.21. The van der Waals surface area contributed by atoms with E-state index in [1.54, 1.807) is 24.3 Å². The van der Waals surface area contributed by atoms with Gasteiger partial charge in [0.15, 0.2) is 11.2 Å². The van der Waals surface area contributed by atoms with Gasteiger partial charge in [-0.25, -0.2) is 9.78 Å². The summed E-state index contributed by atoms with van der Waals surface area (Å²) < 4.78 is 4.39. The molecule has 0 amide bonds. The lowest BCUT2D eigenvalue weighted by molar-refractivity contribution is -0.156. The molecular weight excluding hydrogens is 292 g/mol. The summed E-state index contributed by atoms with van der Waals surface area (Å²) in [5, 5.41) is 20.0. The monoisotopic (exact) mass is 308 g/mol. The van der Waals surface area contributed by atoms with Crippen molar-refractivity contribution in [2.45, 2.75) is 19.1 Å². The number of nitrogens with two attached hydrogens (primary N) is 1. The minimum atomic E-state index is -1.61. The fourth-order valence-corrected chi connectivity index (χ4v) is 2.67. The maximum Gasteiger partial charge on any atom is 0.337 e. The summed E-state index contributed by atoms with van der Waals surface area (Å²) in [5.74, 6) is -0.880. The minimum absolute atomic E-state index is 0.414. The molecule has 2 unspecified atom stereocenters. The Balaban J connectivity index is 2.23. The molecule has 112 valence electrons. The zero-order chi connectivity index (χ0) is 15.6. The van der Waals surface area contributed by atoms with Gasteiger partial charge in [0.1, 0.15) is 6.10 Å². The predicted molar refractivity (Wildman–Crippen MR) is 79.7 cm³/mol. The number of benzene rings is 1. The van der Waals surface area contributed by atoms with E-state index in [0.29, 0.717) is 10.7 Å². The molecule has 6 nitrogen and oxygen atoms in total. The van der Waals surface area contributed by atoms with Gasteiger partial charge >= 0.3 is 5.97 Å². The summed E-state index contributed by atoms with van der Waals surface area (Å²) in [5.41, 5.74) is 7.72. The van der Waals surface area contributed by atoms with E-state index in [1.807, 2.05) is 6.92 Å². The van der Waals surface area contributed by atoms with Gasteiger partial charge in [-0.3, -0.25) is 0 Å². The highest BCUT2D eigenvalue weighted by Crippen LogP contribution is 2.29. The highest BCUT2D eigenvalue weighted by atomic mass is 32.1. The Kier molecular flexibility index (Phi) is 4.56. The smallest absolute Gasteiger partial charge is 0.337 e. The first-order chi connectivity index (χ1) is 9.93. The number of aliphatic hydroxyl groups excluding tert-OH is 2. The van der Waals surface area contributed by atoms with E-state index < -0.39 is 18.2 Å². The number of nitrogen functional groups attached to an aromatic ring is 1. The van der Waals surface area contributed by atoms with Gasteiger partial charge < -0.3 is 20.7 Å². The fourth-order valence-electron chi connectivity index (χ4n) is 1.95. The van der Waals surface area contributed by atoms with Gasteiger partial charge in [0.2, 0.25) is 0 Å². The average molecular weight is 308 g/mol. The molecule has 1 aromatic heterocycles. The van der Waals surface area contributed by atoms with E-state index >= 15 is 0 Å². The molecule has 0 radical (unpaired) electrons. The van der Waals surface area contributed by atoms with Crippen LogP contribution in [0.25, 0.3) is 11.3 Å². The first-order valence-electron chi connectivity index (χ1n) is 6.21. The zero-order valence-corrected chi connectivity index (χ0v) is 12.4. The van der Waals surface area contributed by atoms with Crippen molar-refractivity contribution >= 4 is 22.4 Å². The van der Waals surface area contributed by atoms with Gasteiger partial charge in [-0.1, -0.05) is 24.3 Å². The predicted octanol–water partition coefficient (Wildman–Crippen LogP) is 1.27. The number of methoxy groups -OCH3 is 1. The van der Waals surface area contributed by atoms with Crippen molar-refractivity contribution in [3.8, 4) is 11.3 Å². The molecule has 2 rings (SSSR count). The molecule has 7 heteroatoms. The zero-order valence-electron chi connectivity index (χ0n) is 11.6. The molecule has 0 spiro atoms. The molecule has 0 aliphatic rings. The Labute approximate surface area is 125 Å². The molecule has 0 saturated heterocycles. The number of hydrogen-bond donors (Lipinski definition) is 3. The number of hydrogen-bond acceptors (Lipinski definition) is 7. The highest BCUT2D eigenvalue weighted by molar-refractivity contribution is 7.15. The van der Waals surface area contributed by atoms with Crippen LogP contribution in [-0.2, 0) is 9.53 Å². The lowest BCUT2D eigenvalue weighted by Gasteiger charge is -2.16. The van der Waals surface area contributed by atoms with E-state index in [2.05, 4.69) is 9.72 Å². The van der Waals surface area contributed by atoms with Gasteiger partial charge in [0, 0.05) is 10.4 Å². The van der Waals surface area contributed by atoms with E-state index in [4.69, 9.17) is 5.73 Å². The summed E-state index contributed by atoms with van der Waals surface area (Å²) in [4.78, 5) is 16.4. The van der Waals surface area contributed by atoms with Crippen LogP contribution in [-0.4, -0.2) is 34.4 Å². The van der Waals surface area contributed by atoms with Crippen LogP contribution >= 0.6 is 11.3 Å². The van der Waals surface area contributed by atoms with Crippen LogP contribution in [0, 0.1) is 6.92 Å². The Morgan fingerprint density at radius 1 is 1.33 bits per heavy atom. The Bertz CT molecular complexity index is 639. The van der Waals surface area contributed by atoms with Crippen molar-refractivity contribution in [1.82, 2.24) is 4.98 Å². The van der Waals surface area contributed by atoms with E-state index in [1.165, 1.54) is 11.3 Å². The van der Waals surface area contributed by atoms with Crippen LogP contribution < -0.4 is 5.73 Å². The van der Waals surface area contributed by atoms with Gasteiger partial charge in [0.25, 0.3) is 0 Å². The van der Waals surface area contributed by atoms with E-state index in [-0.39, 0.29) is 0 Å². The molecule has 0 bridgehead atoms. The van der Waals surface area contributed by atoms with Gasteiger partial charge in [-0.15, -0.1) is 11.3 Å². The average Bonchev–Trinajstić information content (AvgIpc) is 2.83. The van der Waals surface area contributed by atoms with Gasteiger partial charge in [-0.2, -0.15) is 0 Å². The van der Waals surface area contributed by atoms with Crippen LogP contribution in [0.5, 0.6) is 0 Å². The highest BCUT2D eigenvalue weighted by Gasteiger charge is 2.26. The molecule has 0 saturated carbocycles. The molecule has 0 aliphatic carbocycles. The lowest BCUT2D eigenvalue weighted by Crippen LogP contribution is -2.28. The molecule has 4 N–H and O–H groups in total. The Hall–Kier alpha value is -1.96. The number of esters is 1. The van der Waals surface area contributed by atoms with Crippen molar-refractivity contribution < 1.29 is 19.7 Å². The number of aromatic nitrogens is 1. The number of rotatable bonds is 4. The molecule has 21 heavy (non-hydrogen) atoms. The number of ether oxygens (including phenoxy) is 1. The lowest BCUT2D eigenvalue weighted by atomic mass is 10.0. The first-order valence-corrected chi connectivity index (χ1v) is 7.03. The maximum atomic E-state index is 11.2. The fraction of sp³-hybridized carbons (Fsp3) is 0.286. The van der Waals surface area contributed by atoms with Crippen LogP contribution in [0.1, 0.15) is 16.5 Å². The third kappa shape index (κ3) is 3.21. The number of thiazole rings is 1. The van der Waals surface area contributed by atoms with Gasteiger partial charge in [0.05, 0.1) is 12.8 Å². The van der Waals surface area contributed by atoms with Crippen molar-refractivity contribution in [3.63, 3.8) is 0 Å². The third-order valence-electron chi connectivity index (χ3n) is 3.08. The summed E-state index contributed by atoms with van der Waals surface area (Å²) in [6.45, 7) is 1.92. The summed E-state index contributed by atoms with van der Waals surface area (Å²) in [6, 6.07) is 6.76. The summed E-state index contributed by atoms with van der Waals surface area (Å²) in [7, 11) is 1.15. The Morgan fingerprint density at radius 2 is 1.95 bits per heavy atom. The number of aliphatic hydroxyl groups is 2. The van der Waals surface area contributed by atoms with Crippen molar-refractivity contribution in [2.24, 2.45) is 0 Å². The first kappa shape index (κ1) is 15.4.